The summed E-state index contributed by atoms with van der Waals surface area (Å²) in [7, 11) is 1.69. The third-order valence-electron chi connectivity index (χ3n) is 3.28. The number of benzene rings is 1. The molecule has 0 aliphatic rings. The van der Waals surface area contributed by atoms with E-state index in [1.165, 1.54) is 12.8 Å². The third-order valence-corrected chi connectivity index (χ3v) is 3.28. The lowest BCUT2D eigenvalue weighted by atomic mass is 10.1. The molecule has 0 aliphatic heterocycles. The van der Waals surface area contributed by atoms with Gasteiger partial charge >= 0.3 is 0 Å². The molecule has 3 heteroatoms. The van der Waals surface area contributed by atoms with Crippen LogP contribution in [0.25, 0.3) is 0 Å². The molecule has 0 spiro atoms. The molecule has 0 aliphatic carbocycles. The molecule has 0 aromatic heterocycles. The number of allylic oxidation sites excluding steroid dienone is 1. The fourth-order valence-corrected chi connectivity index (χ4v) is 2.03. The van der Waals surface area contributed by atoms with Gasteiger partial charge in [0.2, 0.25) is 0 Å². The van der Waals surface area contributed by atoms with Crippen molar-refractivity contribution in [3.05, 3.63) is 36.4 Å². The van der Waals surface area contributed by atoms with E-state index in [4.69, 9.17) is 9.47 Å². The van der Waals surface area contributed by atoms with Gasteiger partial charge in [0, 0.05) is 18.2 Å². The molecule has 1 N–H and O–H groups in total. The molecular weight excluding hydrogens is 262 g/mol. The van der Waals surface area contributed by atoms with Crippen LogP contribution in [0.4, 0.5) is 0 Å². The van der Waals surface area contributed by atoms with Crippen LogP contribution in [0.1, 0.15) is 45.1 Å². The molecule has 0 radical (unpaired) electrons. The Balaban J connectivity index is 2.52. The van der Waals surface area contributed by atoms with Crippen molar-refractivity contribution in [2.45, 2.75) is 52.1 Å². The van der Waals surface area contributed by atoms with E-state index in [-0.39, 0.29) is 0 Å². The summed E-state index contributed by atoms with van der Waals surface area (Å²) < 4.78 is 11.2. The zero-order valence-electron chi connectivity index (χ0n) is 13.7. The second-order valence-corrected chi connectivity index (χ2v) is 5.50. The first-order valence-corrected chi connectivity index (χ1v) is 7.81. The van der Waals surface area contributed by atoms with Gasteiger partial charge in [-0.2, -0.15) is 0 Å². The highest BCUT2D eigenvalue weighted by Gasteiger charge is 2.06. The fourth-order valence-electron chi connectivity index (χ4n) is 2.03. The Bertz CT molecular complexity index is 416. The van der Waals surface area contributed by atoms with Crippen LogP contribution in [0.3, 0.4) is 0 Å². The molecule has 1 rings (SSSR count). The predicted molar refractivity (Wildman–Crippen MR) is 89.1 cm³/mol. The molecule has 0 heterocycles. The van der Waals surface area contributed by atoms with E-state index in [2.05, 4.69) is 25.7 Å². The van der Waals surface area contributed by atoms with Crippen LogP contribution in [0.2, 0.25) is 0 Å². The lowest BCUT2D eigenvalue weighted by Gasteiger charge is -2.15. The number of unbranched alkanes of at least 4 members (excludes halogenated alkanes) is 3. The average Bonchev–Trinajstić information content (AvgIpc) is 2.49. The maximum atomic E-state index is 5.93. The quantitative estimate of drug-likeness (QED) is 0.486. The van der Waals surface area contributed by atoms with Gasteiger partial charge in [0.15, 0.2) is 0 Å². The van der Waals surface area contributed by atoms with Gasteiger partial charge in [0.25, 0.3) is 0 Å². The van der Waals surface area contributed by atoms with Crippen LogP contribution in [0.5, 0.6) is 11.5 Å². The molecule has 1 aromatic rings. The zero-order valence-corrected chi connectivity index (χ0v) is 13.7. The van der Waals surface area contributed by atoms with Gasteiger partial charge in [-0.1, -0.05) is 19.9 Å². The van der Waals surface area contributed by atoms with E-state index >= 15 is 0 Å². The summed E-state index contributed by atoms with van der Waals surface area (Å²) in [6, 6.07) is 6.44. The van der Waals surface area contributed by atoms with E-state index in [0.29, 0.717) is 6.04 Å². The topological polar surface area (TPSA) is 30.5 Å². The van der Waals surface area contributed by atoms with Gasteiger partial charge in [-0.05, 0) is 43.9 Å². The summed E-state index contributed by atoms with van der Waals surface area (Å²) in [5.41, 5.74) is 1.15. The first-order chi connectivity index (χ1) is 10.2. The van der Waals surface area contributed by atoms with Crippen LogP contribution in [0.15, 0.2) is 30.9 Å². The average molecular weight is 291 g/mol. The highest BCUT2D eigenvalue weighted by atomic mass is 16.5. The van der Waals surface area contributed by atoms with Crippen molar-refractivity contribution in [1.29, 1.82) is 0 Å². The van der Waals surface area contributed by atoms with Crippen molar-refractivity contribution in [1.82, 2.24) is 5.32 Å². The highest BCUT2D eigenvalue weighted by molar-refractivity contribution is 5.40. The van der Waals surface area contributed by atoms with E-state index in [9.17, 15) is 0 Å². The molecular formula is C18H29NO2. The van der Waals surface area contributed by atoms with Crippen LogP contribution < -0.4 is 14.8 Å². The second kappa shape index (κ2) is 10.3. The maximum absolute atomic E-state index is 5.93. The molecule has 0 bridgehead atoms. The van der Waals surface area contributed by atoms with E-state index < -0.39 is 0 Å². The Morgan fingerprint density at radius 3 is 2.71 bits per heavy atom. The van der Waals surface area contributed by atoms with Crippen LogP contribution in [0, 0.1) is 0 Å². The third kappa shape index (κ3) is 7.19. The molecule has 118 valence electrons. The number of ether oxygens (including phenoxy) is 2. The molecule has 21 heavy (non-hydrogen) atoms. The molecule has 0 atom stereocenters. The second-order valence-electron chi connectivity index (χ2n) is 5.50. The minimum atomic E-state index is 0.447. The monoisotopic (exact) mass is 291 g/mol. The number of rotatable bonds is 11. The Morgan fingerprint density at radius 2 is 2.05 bits per heavy atom. The molecule has 0 unspecified atom stereocenters. The molecule has 0 fully saturated rings. The lowest BCUT2D eigenvalue weighted by Crippen LogP contribution is -2.22. The number of hydrogen-bond acceptors (Lipinski definition) is 3. The molecule has 1 aromatic carbocycles. The lowest BCUT2D eigenvalue weighted by molar-refractivity contribution is 0.300. The fraction of sp³-hybridized carbons (Fsp3) is 0.556. The minimum absolute atomic E-state index is 0.447. The predicted octanol–water partition coefficient (Wildman–Crippen LogP) is 4.32. The van der Waals surface area contributed by atoms with Gasteiger partial charge in [-0.15, -0.1) is 6.58 Å². The smallest absolute Gasteiger partial charge is 0.124 e. The summed E-state index contributed by atoms with van der Waals surface area (Å²) in [4.78, 5) is 0. The summed E-state index contributed by atoms with van der Waals surface area (Å²) in [6.07, 6.45) is 6.52. The number of nitrogens with one attached hydrogen (secondary N) is 1. The zero-order chi connectivity index (χ0) is 15.5. The van der Waals surface area contributed by atoms with Crippen LogP contribution >= 0.6 is 0 Å². The SMILES string of the molecule is C=CCCCCCOc1ccc(OC)cc1CNC(C)C. The Labute approximate surface area is 129 Å². The molecule has 0 amide bonds. The van der Waals surface area contributed by atoms with Gasteiger partial charge < -0.3 is 14.8 Å². The van der Waals surface area contributed by atoms with Gasteiger partial charge in [0.1, 0.15) is 11.5 Å². The van der Waals surface area contributed by atoms with Crippen molar-refractivity contribution >= 4 is 0 Å². The summed E-state index contributed by atoms with van der Waals surface area (Å²) in [5, 5.41) is 3.43. The van der Waals surface area contributed by atoms with Crippen molar-refractivity contribution in [3.8, 4) is 11.5 Å². The summed E-state index contributed by atoms with van der Waals surface area (Å²) >= 11 is 0. The molecule has 0 saturated carbocycles. The normalized spacial score (nSPS) is 10.7. The highest BCUT2D eigenvalue weighted by Crippen LogP contribution is 2.24. The number of hydrogen-bond donors (Lipinski definition) is 1. The summed E-state index contributed by atoms with van der Waals surface area (Å²) in [6.45, 7) is 9.57. The minimum Gasteiger partial charge on any atom is -0.497 e. The Morgan fingerprint density at radius 1 is 1.24 bits per heavy atom. The van der Waals surface area contributed by atoms with E-state index in [1.54, 1.807) is 7.11 Å². The van der Waals surface area contributed by atoms with Crippen LogP contribution in [-0.4, -0.2) is 19.8 Å². The maximum Gasteiger partial charge on any atom is 0.124 e. The first-order valence-electron chi connectivity index (χ1n) is 7.81. The largest absolute Gasteiger partial charge is 0.497 e. The van der Waals surface area contributed by atoms with Gasteiger partial charge in [0.05, 0.1) is 13.7 Å². The standard InChI is InChI=1S/C18H29NO2/c1-5-6-7-8-9-12-21-18-11-10-17(20-4)13-16(18)14-19-15(2)3/h5,10-11,13,15,19H,1,6-9,12,14H2,2-4H3. The van der Waals surface area contributed by atoms with Crippen LogP contribution in [-0.2, 0) is 6.54 Å². The van der Waals surface area contributed by atoms with Crippen molar-refractivity contribution in [2.75, 3.05) is 13.7 Å². The van der Waals surface area contributed by atoms with Gasteiger partial charge in [-0.25, -0.2) is 0 Å². The van der Waals surface area contributed by atoms with Crippen molar-refractivity contribution in [2.24, 2.45) is 0 Å². The number of methoxy groups -OCH3 is 1. The summed E-state index contributed by atoms with van der Waals surface area (Å²) in [5.74, 6) is 1.82. The Hall–Kier alpha value is -1.48. The molecule has 3 nitrogen and oxygen atoms in total. The molecule has 0 saturated heterocycles. The Kier molecular flexibility index (Phi) is 8.60. The first kappa shape index (κ1) is 17.6. The van der Waals surface area contributed by atoms with E-state index in [0.717, 1.165) is 43.1 Å². The van der Waals surface area contributed by atoms with Crippen molar-refractivity contribution in [3.63, 3.8) is 0 Å². The van der Waals surface area contributed by atoms with Crippen molar-refractivity contribution < 1.29 is 9.47 Å². The van der Waals surface area contributed by atoms with E-state index in [1.807, 2.05) is 24.3 Å². The van der Waals surface area contributed by atoms with Gasteiger partial charge in [-0.3, -0.25) is 0 Å².